The van der Waals surface area contributed by atoms with Gasteiger partial charge in [-0.25, -0.2) is 42.7 Å². The second-order valence-electron chi connectivity index (χ2n) is 8.75. The Labute approximate surface area is 219 Å². The summed E-state index contributed by atoms with van der Waals surface area (Å²) in [6, 6.07) is 16.2. The van der Waals surface area contributed by atoms with Gasteiger partial charge in [0.1, 0.15) is 11.3 Å². The fourth-order valence-electron chi connectivity index (χ4n) is 5.10. The fourth-order valence-corrected chi connectivity index (χ4v) is 5.10. The van der Waals surface area contributed by atoms with Gasteiger partial charge in [-0.15, -0.1) is 10.2 Å². The largest absolute Gasteiger partial charge is 0.323 e. The van der Waals surface area contributed by atoms with Crippen molar-refractivity contribution >= 4 is 51.1 Å². The van der Waals surface area contributed by atoms with Crippen molar-refractivity contribution in [2.75, 3.05) is 22.9 Å². The molecule has 5 heterocycles. The Bertz CT molecular complexity index is 1730. The first kappa shape index (κ1) is 24.4. The molecule has 0 unspecified atom stereocenters. The molecule has 0 N–H and O–H groups in total. The molecule has 194 valence electrons. The highest BCUT2D eigenvalue weighted by Crippen LogP contribution is 2.41. The molecular weight excluding hydrogens is 512 g/mol. The molecule has 2 aliphatic rings. The summed E-state index contributed by atoms with van der Waals surface area (Å²) >= 11 is 0. The molecule has 12 nitrogen and oxygen atoms in total. The van der Waals surface area contributed by atoms with E-state index in [9.17, 15) is 0 Å². The maximum Gasteiger partial charge on any atom is 0.323 e. The number of aromatic nitrogens is 6. The summed E-state index contributed by atoms with van der Waals surface area (Å²) < 4.78 is 38.5. The molecule has 0 saturated heterocycles. The van der Waals surface area contributed by atoms with Gasteiger partial charge in [0.25, 0.3) is 5.65 Å². The first-order chi connectivity index (χ1) is 18.3. The minimum Gasteiger partial charge on any atom is -0.309 e. The van der Waals surface area contributed by atoms with Crippen LogP contribution in [0.1, 0.15) is 19.7 Å². The molecule has 7 rings (SSSR count). The lowest BCUT2D eigenvalue weighted by molar-refractivity contribution is -2.00. The van der Waals surface area contributed by atoms with Crippen molar-refractivity contribution in [2.24, 2.45) is 0 Å². The van der Waals surface area contributed by atoms with Crippen LogP contribution in [0.3, 0.4) is 0 Å². The number of para-hydroxylation sites is 4. The van der Waals surface area contributed by atoms with Crippen LogP contribution in [0.4, 0.5) is 11.6 Å². The predicted molar refractivity (Wildman–Crippen MR) is 129 cm³/mol. The molecule has 0 saturated carbocycles. The van der Waals surface area contributed by atoms with Crippen molar-refractivity contribution < 1.29 is 33.4 Å². The van der Waals surface area contributed by atoms with Crippen LogP contribution >= 0.6 is 0 Å². The lowest BCUT2D eigenvalue weighted by atomic mass is 10.3. The van der Waals surface area contributed by atoms with E-state index in [0.717, 1.165) is 82.8 Å². The predicted octanol–water partition coefficient (Wildman–Crippen LogP) is -1.26. The monoisotopic (exact) mass is 534 g/mol. The molecule has 5 aromatic rings. The molecule has 38 heavy (non-hydrogen) atoms. The smallest absolute Gasteiger partial charge is 0.309 e. The van der Waals surface area contributed by atoms with Gasteiger partial charge in [0, 0.05) is 6.54 Å². The van der Waals surface area contributed by atoms with E-state index in [1.165, 1.54) is 0 Å². The second-order valence-corrected chi connectivity index (χ2v) is 9.51. The van der Waals surface area contributed by atoms with E-state index in [-0.39, 0.29) is 0 Å². The third-order valence-electron chi connectivity index (χ3n) is 6.64. The molecule has 2 aromatic carbocycles. The molecule has 2 aliphatic heterocycles. The number of hydrogen-bond acceptors (Lipinski definition) is 10. The highest BCUT2D eigenvalue weighted by Gasteiger charge is 2.38. The molecule has 0 spiro atoms. The van der Waals surface area contributed by atoms with Crippen LogP contribution < -0.4 is 33.0 Å². The molecule has 0 fully saturated rings. The van der Waals surface area contributed by atoms with Gasteiger partial charge in [-0.1, -0.05) is 29.2 Å². The lowest BCUT2D eigenvalue weighted by Gasteiger charge is -2.21. The van der Waals surface area contributed by atoms with E-state index in [0.29, 0.717) is 0 Å². The third-order valence-corrected chi connectivity index (χ3v) is 6.64. The Morgan fingerprint density at radius 1 is 0.789 bits per heavy atom. The van der Waals surface area contributed by atoms with E-state index in [4.69, 9.17) is 38.6 Å². The summed E-state index contributed by atoms with van der Waals surface area (Å²) in [6.07, 6.45) is 2.25. The number of rotatable bonds is 2. The molecule has 0 aliphatic carbocycles. The van der Waals surface area contributed by atoms with E-state index in [2.05, 4.69) is 38.9 Å². The van der Waals surface area contributed by atoms with Gasteiger partial charge < -0.3 is 9.80 Å². The number of aryl methyl sites for hydroxylation is 1. The summed E-state index contributed by atoms with van der Waals surface area (Å²) in [5.74, 6) is 4.07. The van der Waals surface area contributed by atoms with Crippen molar-refractivity contribution in [3.63, 3.8) is 0 Å². The van der Waals surface area contributed by atoms with Crippen LogP contribution in [0.2, 0.25) is 0 Å². The molecule has 13 heteroatoms. The van der Waals surface area contributed by atoms with E-state index >= 15 is 0 Å². The number of benzene rings is 2. The standard InChI is InChI=1S/C25H23N8.ClHO4/c1-3-30-20-15-21-31(4-2)23-25(29-19-12-8-6-10-17(19)27-23)33(21)14-13-32(20)24-22(30)26-16-9-5-7-11-18(16)28-24;2-1(3,4)5/h5-12,15H,3-4,13-14H2,1-2H3;(H,2,3,4,5)/q+1;/p-1. The summed E-state index contributed by atoms with van der Waals surface area (Å²) in [5, 5.41) is 0. The van der Waals surface area contributed by atoms with Crippen molar-refractivity contribution in [2.45, 2.75) is 26.9 Å². The molecule has 3 aromatic heterocycles. The van der Waals surface area contributed by atoms with Crippen molar-refractivity contribution in [3.05, 3.63) is 60.2 Å². The Morgan fingerprint density at radius 3 is 1.92 bits per heavy atom. The highest BCUT2D eigenvalue weighted by atomic mass is 35.7. The van der Waals surface area contributed by atoms with Crippen LogP contribution in [0.15, 0.2) is 54.4 Å². The fraction of sp³-hybridized carbons (Fsp3) is 0.240. The minimum absolute atomic E-state index is 0.789. The zero-order valence-electron chi connectivity index (χ0n) is 20.6. The number of halogens is 1. The van der Waals surface area contributed by atoms with Crippen LogP contribution in [-0.4, -0.2) is 37.6 Å². The zero-order valence-corrected chi connectivity index (χ0v) is 21.4. The number of anilines is 2. The Morgan fingerprint density at radius 2 is 1.34 bits per heavy atom. The number of hydrogen-bond donors (Lipinski definition) is 0. The first-order valence-electron chi connectivity index (χ1n) is 12.1. The summed E-state index contributed by atoms with van der Waals surface area (Å²) in [7, 11) is -4.94. The molecule has 0 amide bonds. The topological polar surface area (TPSA) is 159 Å². The normalized spacial score (nSPS) is 14.6. The van der Waals surface area contributed by atoms with Crippen LogP contribution in [0.5, 0.6) is 0 Å². The minimum atomic E-state index is -4.94. The molecule has 0 radical (unpaired) electrons. The van der Waals surface area contributed by atoms with E-state index in [1.807, 2.05) is 48.5 Å². The Balaban J connectivity index is 0.000000487. The summed E-state index contributed by atoms with van der Waals surface area (Å²) in [5.41, 5.74) is 5.54. The van der Waals surface area contributed by atoms with Gasteiger partial charge in [-0.3, -0.25) is 0 Å². The Hall–Kier alpha value is -3.94. The van der Waals surface area contributed by atoms with Gasteiger partial charge in [-0.2, -0.15) is 0 Å². The number of imidazole rings is 1. The average molecular weight is 535 g/mol. The van der Waals surface area contributed by atoms with Crippen LogP contribution in [0, 0.1) is 10.2 Å². The van der Waals surface area contributed by atoms with Gasteiger partial charge in [0.15, 0.2) is 17.2 Å². The van der Waals surface area contributed by atoms with Gasteiger partial charge in [0.2, 0.25) is 5.82 Å². The molecule has 0 bridgehead atoms. The van der Waals surface area contributed by atoms with Gasteiger partial charge >= 0.3 is 5.65 Å². The molecular formula is C25H23ClN8O4. The SMILES string of the molecule is CCN1C2=Cc3n(CC)c4nc5ccccc5nc4[n+]3CCN2c2nc3ccccc3nc21.[O-][Cl+3]([O-])([O-])[O-]. The lowest BCUT2D eigenvalue weighted by Crippen LogP contribution is -2.68. The Kier molecular flexibility index (Phi) is 5.85. The summed E-state index contributed by atoms with van der Waals surface area (Å²) in [4.78, 5) is 24.5. The van der Waals surface area contributed by atoms with Crippen molar-refractivity contribution in [3.8, 4) is 0 Å². The van der Waals surface area contributed by atoms with E-state index in [1.54, 1.807) is 0 Å². The van der Waals surface area contributed by atoms with E-state index < -0.39 is 10.2 Å². The number of nitrogens with zero attached hydrogens (tertiary/aromatic N) is 8. The van der Waals surface area contributed by atoms with Crippen LogP contribution in [-0.2, 0) is 13.1 Å². The average Bonchev–Trinajstić information content (AvgIpc) is 3.24. The van der Waals surface area contributed by atoms with Crippen molar-refractivity contribution in [1.29, 1.82) is 0 Å². The van der Waals surface area contributed by atoms with Gasteiger partial charge in [0.05, 0.1) is 36.7 Å². The van der Waals surface area contributed by atoms with Gasteiger partial charge in [-0.05, 0) is 38.1 Å². The van der Waals surface area contributed by atoms with Crippen LogP contribution in [0.25, 0.3) is 39.4 Å². The van der Waals surface area contributed by atoms with Crippen molar-refractivity contribution in [1.82, 2.24) is 24.5 Å². The second kappa shape index (κ2) is 9.11. The zero-order chi connectivity index (χ0) is 26.6. The quantitative estimate of drug-likeness (QED) is 0.250. The molecule has 0 atom stereocenters. The highest BCUT2D eigenvalue weighted by molar-refractivity contribution is 5.88. The summed E-state index contributed by atoms with van der Waals surface area (Å²) in [6.45, 7) is 7.53. The maximum absolute atomic E-state index is 8.49. The first-order valence-corrected chi connectivity index (χ1v) is 13.3. The number of fused-ring (bicyclic) bond motifs is 8. The maximum atomic E-state index is 8.49. The third kappa shape index (κ3) is 4.08.